The number of carboxylic acid groups (broad SMARTS) is 2. The maximum atomic E-state index is 12.5. The Bertz CT molecular complexity index is 2550. The highest BCUT2D eigenvalue weighted by molar-refractivity contribution is 7.93. The number of carbonyl (C=O) groups is 4. The maximum Gasteiger partial charge on any atom is 0.354 e. The summed E-state index contributed by atoms with van der Waals surface area (Å²) in [5.74, 6) is -3.39. The van der Waals surface area contributed by atoms with E-state index in [-0.39, 0.29) is 53.7 Å². The van der Waals surface area contributed by atoms with E-state index >= 15 is 0 Å². The zero-order valence-electron chi connectivity index (χ0n) is 29.3. The van der Waals surface area contributed by atoms with E-state index in [2.05, 4.69) is 30.0 Å². The fraction of sp³-hybridized carbons (Fsp3) is 0. The Labute approximate surface area is 340 Å². The van der Waals surface area contributed by atoms with Crippen molar-refractivity contribution in [3.8, 4) is 0 Å². The molecule has 0 saturated heterocycles. The topological polar surface area (TPSA) is 251 Å². The van der Waals surface area contributed by atoms with Crippen molar-refractivity contribution in [3.63, 3.8) is 0 Å². The zero-order chi connectivity index (χ0) is 42.0. The van der Waals surface area contributed by atoms with Gasteiger partial charge in [-0.1, -0.05) is 47.5 Å². The lowest BCUT2D eigenvalue weighted by molar-refractivity contribution is 0.0680. The van der Waals surface area contributed by atoms with Gasteiger partial charge in [0.15, 0.2) is 0 Å². The highest BCUT2D eigenvalue weighted by Crippen LogP contribution is 2.22. The lowest BCUT2D eigenvalue weighted by atomic mass is 10.2. The zero-order valence-corrected chi connectivity index (χ0v) is 32.5. The molecule has 0 radical (unpaired) electrons. The van der Waals surface area contributed by atoms with E-state index < -0.39 is 43.8 Å². The molecule has 2 heterocycles. The van der Waals surface area contributed by atoms with Crippen molar-refractivity contribution in [2.24, 2.45) is 0 Å². The molecule has 0 aliphatic heterocycles. The molecule has 0 bridgehead atoms. The van der Waals surface area contributed by atoms with Gasteiger partial charge >= 0.3 is 11.9 Å². The molecule has 296 valence electrons. The highest BCUT2D eigenvalue weighted by atomic mass is 35.5. The monoisotopic (exact) mass is 862 g/mol. The molecule has 0 saturated carbocycles. The minimum absolute atomic E-state index is 0.00977. The number of hydrogen-bond donors (Lipinski definition) is 6. The van der Waals surface area contributed by atoms with E-state index in [1.165, 1.54) is 122 Å². The summed E-state index contributed by atoms with van der Waals surface area (Å²) in [5, 5.41) is 23.4. The van der Waals surface area contributed by atoms with Crippen molar-refractivity contribution >= 4 is 89.8 Å². The van der Waals surface area contributed by atoms with Crippen molar-refractivity contribution in [1.29, 1.82) is 0 Å². The van der Waals surface area contributed by atoms with Crippen LogP contribution >= 0.6 is 23.2 Å². The first-order chi connectivity index (χ1) is 27.5. The first-order valence-electron chi connectivity index (χ1n) is 16.3. The van der Waals surface area contributed by atoms with Gasteiger partial charge in [-0.2, -0.15) is 0 Å². The molecule has 0 spiro atoms. The van der Waals surface area contributed by atoms with Gasteiger partial charge in [0.1, 0.15) is 11.4 Å². The van der Waals surface area contributed by atoms with Crippen LogP contribution in [0, 0.1) is 0 Å². The molecule has 6 aromatic rings. The Morgan fingerprint density at radius 3 is 1.19 bits per heavy atom. The van der Waals surface area contributed by atoms with Gasteiger partial charge in [-0.15, -0.1) is 0 Å². The van der Waals surface area contributed by atoms with E-state index in [0.717, 1.165) is 0 Å². The Hall–Kier alpha value is -6.86. The third-order valence-corrected chi connectivity index (χ3v) is 10.7. The lowest BCUT2D eigenvalue weighted by Gasteiger charge is -2.10. The third-order valence-electron chi connectivity index (χ3n) is 7.45. The average molecular weight is 864 g/mol. The summed E-state index contributed by atoms with van der Waals surface area (Å²) in [6, 6.07) is 28.7. The normalized spacial score (nSPS) is 10.9. The van der Waals surface area contributed by atoms with Gasteiger partial charge < -0.3 is 20.8 Å². The van der Waals surface area contributed by atoms with E-state index in [1.807, 2.05) is 0 Å². The molecule has 2 amide bonds. The molecule has 58 heavy (non-hydrogen) atoms. The van der Waals surface area contributed by atoms with Crippen molar-refractivity contribution in [2.75, 3.05) is 20.1 Å². The number of carbonyl (C=O) groups excluding carboxylic acids is 2. The Morgan fingerprint density at radius 2 is 0.862 bits per heavy atom. The first-order valence-corrected chi connectivity index (χ1v) is 20.0. The summed E-state index contributed by atoms with van der Waals surface area (Å²) < 4.78 is 54.7. The van der Waals surface area contributed by atoms with E-state index in [9.17, 15) is 36.0 Å². The number of benzene rings is 4. The third kappa shape index (κ3) is 11.6. The van der Waals surface area contributed by atoms with Gasteiger partial charge in [-0.05, 0) is 97.1 Å². The van der Waals surface area contributed by atoms with E-state index in [0.29, 0.717) is 11.4 Å². The van der Waals surface area contributed by atoms with Crippen molar-refractivity contribution in [3.05, 3.63) is 166 Å². The number of aromatic carboxylic acids is 2. The SMILES string of the molecule is O=C(Nc1ccc(C(=O)O)nc1)c1cccc(NS(=O)(=O)c2cccc(Cl)c2)c1.O=C(Nc1ccc(C(=O)O)nc1)c1cccc(NS(=O)(=O)c2cccc(Cl)c2)c1. The highest BCUT2D eigenvalue weighted by Gasteiger charge is 2.18. The van der Waals surface area contributed by atoms with Crippen LogP contribution in [0.2, 0.25) is 10.0 Å². The first kappa shape index (κ1) is 42.3. The molecular weight excluding hydrogens is 835 g/mol. The molecule has 16 nitrogen and oxygen atoms in total. The van der Waals surface area contributed by atoms with Crippen LogP contribution in [0.1, 0.15) is 41.7 Å². The molecule has 6 N–H and O–H groups in total. The van der Waals surface area contributed by atoms with Crippen LogP contribution in [0.15, 0.2) is 144 Å². The smallest absolute Gasteiger partial charge is 0.354 e. The van der Waals surface area contributed by atoms with Crippen LogP contribution in [-0.4, -0.2) is 60.8 Å². The van der Waals surface area contributed by atoms with Crippen molar-refractivity contribution < 1.29 is 46.2 Å². The largest absolute Gasteiger partial charge is 0.477 e. The van der Waals surface area contributed by atoms with Crippen LogP contribution < -0.4 is 20.1 Å². The molecule has 0 unspecified atom stereocenters. The predicted molar refractivity (Wildman–Crippen MR) is 216 cm³/mol. The number of carboxylic acids is 2. The van der Waals surface area contributed by atoms with Crippen LogP contribution in [-0.2, 0) is 20.0 Å². The Kier molecular flexibility index (Phi) is 13.4. The number of pyridine rings is 2. The fourth-order valence-electron chi connectivity index (χ4n) is 4.74. The summed E-state index contributed by atoms with van der Waals surface area (Å²) >= 11 is 11.7. The molecule has 20 heteroatoms. The number of nitrogens with one attached hydrogen (secondary N) is 4. The van der Waals surface area contributed by atoms with Gasteiger partial charge in [0.2, 0.25) is 0 Å². The minimum atomic E-state index is -3.88. The van der Waals surface area contributed by atoms with Gasteiger partial charge in [-0.25, -0.2) is 36.4 Å². The lowest BCUT2D eigenvalue weighted by Crippen LogP contribution is -2.15. The summed E-state index contributed by atoms with van der Waals surface area (Å²) in [6.45, 7) is 0. The second-order valence-corrected chi connectivity index (χ2v) is 15.9. The minimum Gasteiger partial charge on any atom is -0.477 e. The number of anilines is 4. The average Bonchev–Trinajstić information content (AvgIpc) is 3.18. The van der Waals surface area contributed by atoms with Gasteiger partial charge in [0.05, 0.1) is 33.6 Å². The number of sulfonamides is 2. The fourth-order valence-corrected chi connectivity index (χ4v) is 7.44. The molecule has 6 rings (SSSR count). The quantitative estimate of drug-likeness (QED) is 0.0730. The molecule has 0 fully saturated rings. The predicted octanol–water partition coefficient (Wildman–Crippen LogP) is 6.97. The number of rotatable bonds is 12. The Morgan fingerprint density at radius 1 is 0.483 bits per heavy atom. The van der Waals surface area contributed by atoms with E-state index in [4.69, 9.17) is 33.4 Å². The number of halogens is 2. The van der Waals surface area contributed by atoms with Gasteiger partial charge in [0, 0.05) is 32.5 Å². The summed E-state index contributed by atoms with van der Waals surface area (Å²) in [6.07, 6.45) is 2.43. The summed E-state index contributed by atoms with van der Waals surface area (Å²) in [5.41, 5.74) is 1.06. The van der Waals surface area contributed by atoms with Crippen LogP contribution in [0.3, 0.4) is 0 Å². The van der Waals surface area contributed by atoms with Crippen molar-refractivity contribution in [2.45, 2.75) is 9.79 Å². The second kappa shape index (κ2) is 18.4. The number of hydrogen-bond acceptors (Lipinski definition) is 10. The van der Waals surface area contributed by atoms with Crippen molar-refractivity contribution in [1.82, 2.24) is 9.97 Å². The molecule has 2 aromatic heterocycles. The standard InChI is InChI=1S/2C19H14ClN3O5S/c2*20-13-4-2-6-16(10-13)29(27,28)23-14-5-1-3-12(9-14)18(24)22-15-7-8-17(19(25)26)21-11-15/h2*1-11,23H,(H,22,24)(H,25,26). The molecular formula is C38H28Cl2N6O10S2. The Balaban J connectivity index is 0.000000221. The molecule has 0 atom stereocenters. The van der Waals surface area contributed by atoms with Gasteiger partial charge in [-0.3, -0.25) is 19.0 Å². The van der Waals surface area contributed by atoms with Gasteiger partial charge in [0.25, 0.3) is 31.9 Å². The maximum absolute atomic E-state index is 12.5. The molecule has 0 aliphatic rings. The van der Waals surface area contributed by atoms with Crippen LogP contribution in [0.25, 0.3) is 0 Å². The molecule has 0 aliphatic carbocycles. The number of nitrogens with zero attached hydrogens (tertiary/aromatic N) is 2. The molecule has 4 aromatic carbocycles. The number of aromatic nitrogens is 2. The summed E-state index contributed by atoms with van der Waals surface area (Å²) in [7, 11) is -7.76. The van der Waals surface area contributed by atoms with Crippen LogP contribution in [0.4, 0.5) is 22.7 Å². The van der Waals surface area contributed by atoms with E-state index in [1.54, 1.807) is 12.1 Å². The second-order valence-electron chi connectivity index (χ2n) is 11.7. The van der Waals surface area contributed by atoms with Crippen LogP contribution in [0.5, 0.6) is 0 Å². The number of amides is 2. The summed E-state index contributed by atoms with van der Waals surface area (Å²) in [4.78, 5) is 53.9.